The summed E-state index contributed by atoms with van der Waals surface area (Å²) in [5.74, 6) is 2.12. The summed E-state index contributed by atoms with van der Waals surface area (Å²) in [6, 6.07) is 0. The molecule has 0 aliphatic heterocycles. The molecule has 3 unspecified atom stereocenters. The van der Waals surface area contributed by atoms with E-state index in [0.29, 0.717) is 5.92 Å². The molecule has 0 amide bonds. The number of aliphatic hydroxyl groups is 2. The Morgan fingerprint density at radius 3 is 2.60 bits per heavy atom. The summed E-state index contributed by atoms with van der Waals surface area (Å²) >= 11 is 0. The largest absolute Gasteiger partial charge is 0.396 e. The zero-order chi connectivity index (χ0) is 10.7. The highest BCUT2D eigenvalue weighted by molar-refractivity contribution is 4.89. The molecule has 88 valence electrons. The molecule has 2 saturated carbocycles. The Labute approximate surface area is 92.7 Å². The van der Waals surface area contributed by atoms with Crippen molar-refractivity contribution in [2.24, 2.45) is 17.8 Å². The Morgan fingerprint density at radius 2 is 1.80 bits per heavy atom. The van der Waals surface area contributed by atoms with Gasteiger partial charge in [0.25, 0.3) is 0 Å². The molecule has 0 bridgehead atoms. The molecular formula is C13H24O2. The molecule has 4 atom stereocenters. The molecule has 0 heterocycles. The average Bonchev–Trinajstić information content (AvgIpc) is 2.28. The van der Waals surface area contributed by atoms with E-state index in [1.807, 2.05) is 0 Å². The lowest BCUT2D eigenvalue weighted by atomic mass is 9.63. The molecule has 0 aromatic rings. The number of fused-ring (bicyclic) bond motifs is 1. The molecular weight excluding hydrogens is 188 g/mol. The Balaban J connectivity index is 1.96. The van der Waals surface area contributed by atoms with Crippen molar-refractivity contribution in [3.63, 3.8) is 0 Å². The van der Waals surface area contributed by atoms with Crippen molar-refractivity contribution in [3.05, 3.63) is 0 Å². The fourth-order valence-electron chi connectivity index (χ4n) is 3.78. The maximum atomic E-state index is 10.1. The third-order valence-electron chi connectivity index (χ3n) is 4.54. The molecule has 2 nitrogen and oxygen atoms in total. The van der Waals surface area contributed by atoms with Gasteiger partial charge in [-0.05, 0) is 49.9 Å². The van der Waals surface area contributed by atoms with Gasteiger partial charge in [0, 0.05) is 6.61 Å². The van der Waals surface area contributed by atoms with Crippen LogP contribution in [-0.2, 0) is 0 Å². The summed E-state index contributed by atoms with van der Waals surface area (Å²) in [6.07, 6.45) is 9.48. The van der Waals surface area contributed by atoms with Crippen molar-refractivity contribution in [3.8, 4) is 0 Å². The first kappa shape index (κ1) is 11.4. The highest BCUT2D eigenvalue weighted by Crippen LogP contribution is 2.45. The van der Waals surface area contributed by atoms with Gasteiger partial charge in [0.15, 0.2) is 0 Å². The topological polar surface area (TPSA) is 40.5 Å². The van der Waals surface area contributed by atoms with Crippen molar-refractivity contribution < 1.29 is 10.2 Å². The molecule has 0 saturated heterocycles. The van der Waals surface area contributed by atoms with E-state index < -0.39 is 0 Å². The van der Waals surface area contributed by atoms with E-state index in [-0.39, 0.29) is 12.7 Å². The number of rotatable bonds is 3. The van der Waals surface area contributed by atoms with E-state index in [0.717, 1.165) is 31.1 Å². The summed E-state index contributed by atoms with van der Waals surface area (Å²) < 4.78 is 0. The molecule has 0 aromatic carbocycles. The van der Waals surface area contributed by atoms with E-state index in [1.54, 1.807) is 0 Å². The van der Waals surface area contributed by atoms with Crippen LogP contribution < -0.4 is 0 Å². The van der Waals surface area contributed by atoms with E-state index in [1.165, 1.54) is 32.1 Å². The van der Waals surface area contributed by atoms with Crippen LogP contribution in [0.4, 0.5) is 0 Å². The summed E-state index contributed by atoms with van der Waals surface area (Å²) in [6.45, 7) is 0.278. The second kappa shape index (κ2) is 5.31. The monoisotopic (exact) mass is 212 g/mol. The molecule has 0 radical (unpaired) electrons. The van der Waals surface area contributed by atoms with Gasteiger partial charge in [0.2, 0.25) is 0 Å². The smallest absolute Gasteiger partial charge is 0.0571 e. The van der Waals surface area contributed by atoms with Crippen LogP contribution in [0.3, 0.4) is 0 Å². The molecule has 15 heavy (non-hydrogen) atoms. The van der Waals surface area contributed by atoms with Crippen molar-refractivity contribution in [1.29, 1.82) is 0 Å². The lowest BCUT2D eigenvalue weighted by Gasteiger charge is -2.44. The van der Waals surface area contributed by atoms with Crippen molar-refractivity contribution in [1.82, 2.24) is 0 Å². The summed E-state index contributed by atoms with van der Waals surface area (Å²) in [4.78, 5) is 0. The first-order valence-electron chi connectivity index (χ1n) is 6.62. The lowest BCUT2D eigenvalue weighted by molar-refractivity contribution is -0.0212. The Kier molecular flexibility index (Phi) is 4.04. The SMILES string of the molecule is OCCCC1C(O)CCC2CCCC[C@H]21. The molecule has 2 heteroatoms. The minimum absolute atomic E-state index is 0.0871. The molecule has 2 aliphatic rings. The van der Waals surface area contributed by atoms with Crippen LogP contribution in [0.1, 0.15) is 51.4 Å². The van der Waals surface area contributed by atoms with Crippen molar-refractivity contribution >= 4 is 0 Å². The average molecular weight is 212 g/mol. The first-order valence-corrected chi connectivity index (χ1v) is 6.62. The first-order chi connectivity index (χ1) is 7.33. The molecule has 2 rings (SSSR count). The van der Waals surface area contributed by atoms with Crippen molar-refractivity contribution in [2.75, 3.05) is 6.61 Å². The zero-order valence-corrected chi connectivity index (χ0v) is 9.57. The van der Waals surface area contributed by atoms with Gasteiger partial charge in [0.05, 0.1) is 6.10 Å². The van der Waals surface area contributed by atoms with Crippen LogP contribution in [-0.4, -0.2) is 22.9 Å². The lowest BCUT2D eigenvalue weighted by Crippen LogP contribution is -2.39. The highest BCUT2D eigenvalue weighted by atomic mass is 16.3. The molecule has 2 N–H and O–H groups in total. The molecule has 2 aliphatic carbocycles. The van der Waals surface area contributed by atoms with Crippen LogP contribution in [0, 0.1) is 17.8 Å². The molecule has 0 spiro atoms. The number of aliphatic hydroxyl groups excluding tert-OH is 2. The summed E-state index contributed by atoms with van der Waals surface area (Å²) in [5.41, 5.74) is 0. The van der Waals surface area contributed by atoms with Gasteiger partial charge in [-0.15, -0.1) is 0 Å². The maximum absolute atomic E-state index is 10.1. The fourth-order valence-corrected chi connectivity index (χ4v) is 3.78. The van der Waals surface area contributed by atoms with E-state index in [4.69, 9.17) is 5.11 Å². The van der Waals surface area contributed by atoms with Gasteiger partial charge in [-0.1, -0.05) is 19.3 Å². The fraction of sp³-hybridized carbons (Fsp3) is 1.00. The van der Waals surface area contributed by atoms with Gasteiger partial charge < -0.3 is 10.2 Å². The van der Waals surface area contributed by atoms with Gasteiger partial charge >= 0.3 is 0 Å². The van der Waals surface area contributed by atoms with Crippen LogP contribution in [0.2, 0.25) is 0 Å². The van der Waals surface area contributed by atoms with Gasteiger partial charge in [-0.3, -0.25) is 0 Å². The highest BCUT2D eigenvalue weighted by Gasteiger charge is 2.38. The Bertz CT molecular complexity index is 193. The molecule has 2 fully saturated rings. The van der Waals surface area contributed by atoms with Crippen molar-refractivity contribution in [2.45, 2.75) is 57.5 Å². The predicted molar refractivity (Wildman–Crippen MR) is 60.5 cm³/mol. The van der Waals surface area contributed by atoms with E-state index >= 15 is 0 Å². The second-order valence-electron chi connectivity index (χ2n) is 5.38. The van der Waals surface area contributed by atoms with Gasteiger partial charge in [-0.2, -0.15) is 0 Å². The van der Waals surface area contributed by atoms with E-state index in [9.17, 15) is 5.11 Å². The zero-order valence-electron chi connectivity index (χ0n) is 9.57. The standard InChI is InChI=1S/C13H24O2/c14-9-3-6-12-11-5-2-1-4-10(11)7-8-13(12)15/h10-15H,1-9H2/t10?,11-,12?,13?/m1/s1. The van der Waals surface area contributed by atoms with Gasteiger partial charge in [0.1, 0.15) is 0 Å². The summed E-state index contributed by atoms with van der Waals surface area (Å²) in [7, 11) is 0. The minimum atomic E-state index is -0.0871. The van der Waals surface area contributed by atoms with Crippen LogP contribution >= 0.6 is 0 Å². The third kappa shape index (κ3) is 2.54. The minimum Gasteiger partial charge on any atom is -0.396 e. The number of hydrogen-bond donors (Lipinski definition) is 2. The quantitative estimate of drug-likeness (QED) is 0.754. The van der Waals surface area contributed by atoms with E-state index in [2.05, 4.69) is 0 Å². The predicted octanol–water partition coefficient (Wildman–Crippen LogP) is 2.34. The Hall–Kier alpha value is -0.0800. The Morgan fingerprint density at radius 1 is 1.00 bits per heavy atom. The maximum Gasteiger partial charge on any atom is 0.0571 e. The second-order valence-corrected chi connectivity index (χ2v) is 5.38. The van der Waals surface area contributed by atoms with Gasteiger partial charge in [-0.25, -0.2) is 0 Å². The number of hydrogen-bond acceptors (Lipinski definition) is 2. The van der Waals surface area contributed by atoms with Crippen LogP contribution in [0.15, 0.2) is 0 Å². The van der Waals surface area contributed by atoms with Crippen LogP contribution in [0.25, 0.3) is 0 Å². The third-order valence-corrected chi connectivity index (χ3v) is 4.54. The normalized spacial score (nSPS) is 41.2. The summed E-state index contributed by atoms with van der Waals surface area (Å²) in [5, 5.41) is 19.0. The molecule has 0 aromatic heterocycles. The van der Waals surface area contributed by atoms with Crippen LogP contribution in [0.5, 0.6) is 0 Å².